The predicted molar refractivity (Wildman–Crippen MR) is 119 cm³/mol. The lowest BCUT2D eigenvalue weighted by atomic mass is 10.1. The van der Waals surface area contributed by atoms with Gasteiger partial charge in [0.2, 0.25) is 17.6 Å². The Morgan fingerprint density at radius 2 is 2.00 bits per heavy atom. The van der Waals surface area contributed by atoms with Crippen molar-refractivity contribution in [2.75, 3.05) is 13.2 Å². The maximum Gasteiger partial charge on any atom is 0.437 e. The van der Waals surface area contributed by atoms with Gasteiger partial charge >= 0.3 is 6.18 Å². The summed E-state index contributed by atoms with van der Waals surface area (Å²) in [6, 6.07) is 6.09. The molecule has 0 aliphatic rings. The molecular weight excluding hydrogens is 537 g/mol. The molecular formula is C22H18BrF3N4O5. The SMILES string of the molecule is Cc1cc(Cn2cnc(C(F)(F)F)c(Oc3cc(Br)cc(C#N)c3C)c2=O)[n+]([O-])cc1OCCO. The molecule has 1 N–H and O–H groups in total. The number of pyridine rings is 1. The molecule has 0 bridgehead atoms. The maximum atomic E-state index is 13.6. The van der Waals surface area contributed by atoms with Crippen LogP contribution in [-0.2, 0) is 12.7 Å². The predicted octanol–water partition coefficient (Wildman–Crippen LogP) is 3.36. The van der Waals surface area contributed by atoms with Crippen molar-refractivity contribution in [3.05, 3.63) is 78.8 Å². The number of rotatable bonds is 7. The third-order valence-electron chi connectivity index (χ3n) is 4.89. The molecule has 3 aromatic rings. The average molecular weight is 555 g/mol. The Kier molecular flexibility index (Phi) is 7.67. The molecule has 0 saturated heterocycles. The van der Waals surface area contributed by atoms with Gasteiger partial charge in [-0.25, -0.2) is 4.98 Å². The van der Waals surface area contributed by atoms with Gasteiger partial charge in [0.1, 0.15) is 18.9 Å². The number of alkyl halides is 3. The lowest BCUT2D eigenvalue weighted by Gasteiger charge is -2.16. The second kappa shape index (κ2) is 10.3. The Labute approximate surface area is 205 Å². The van der Waals surface area contributed by atoms with E-state index in [0.29, 0.717) is 21.1 Å². The van der Waals surface area contributed by atoms with Gasteiger partial charge in [0.05, 0.1) is 24.6 Å². The highest BCUT2D eigenvalue weighted by Gasteiger charge is 2.39. The third-order valence-corrected chi connectivity index (χ3v) is 5.35. The summed E-state index contributed by atoms with van der Waals surface area (Å²) in [5.74, 6) is -1.03. The van der Waals surface area contributed by atoms with Crippen molar-refractivity contribution < 1.29 is 32.5 Å². The number of halogens is 4. The molecule has 0 saturated carbocycles. The fourth-order valence-corrected chi connectivity index (χ4v) is 3.57. The summed E-state index contributed by atoms with van der Waals surface area (Å²) in [4.78, 5) is 16.4. The molecule has 1 aromatic carbocycles. The van der Waals surface area contributed by atoms with Gasteiger partial charge in [0.25, 0.3) is 5.56 Å². The third kappa shape index (κ3) is 5.72. The van der Waals surface area contributed by atoms with Crippen LogP contribution >= 0.6 is 15.9 Å². The highest BCUT2D eigenvalue weighted by Crippen LogP contribution is 2.36. The van der Waals surface area contributed by atoms with E-state index in [-0.39, 0.29) is 41.5 Å². The fraction of sp³-hybridized carbons (Fsp3) is 0.273. The van der Waals surface area contributed by atoms with E-state index in [0.717, 1.165) is 10.8 Å². The van der Waals surface area contributed by atoms with Crippen LogP contribution in [0, 0.1) is 30.4 Å². The number of nitrogens with zero attached hydrogens (tertiary/aromatic N) is 4. The standard InChI is InChI=1S/C22H18BrF3N4O5/c1-12-5-16(30(33)10-18(12)34-4-3-31)9-29-11-28-20(22(24,25)26)19(21(29)32)35-17-7-15(23)6-14(8-27)13(17)2/h5-7,10-11,31H,3-4,9H2,1-2H3. The zero-order chi connectivity index (χ0) is 25.9. The first-order chi connectivity index (χ1) is 16.5. The fourth-order valence-electron chi connectivity index (χ4n) is 3.14. The van der Waals surface area contributed by atoms with Gasteiger partial charge in [-0.05, 0) is 26.0 Å². The summed E-state index contributed by atoms with van der Waals surface area (Å²) < 4.78 is 53.1. The minimum absolute atomic E-state index is 0.0267. The van der Waals surface area contributed by atoms with Gasteiger partial charge in [0, 0.05) is 21.7 Å². The van der Waals surface area contributed by atoms with Crippen molar-refractivity contribution in [1.82, 2.24) is 9.55 Å². The number of hydrogen-bond acceptors (Lipinski definition) is 7. The number of aliphatic hydroxyl groups excluding tert-OH is 1. The van der Waals surface area contributed by atoms with Crippen molar-refractivity contribution >= 4 is 15.9 Å². The molecule has 2 heterocycles. The second-order valence-corrected chi connectivity index (χ2v) is 8.27. The largest absolute Gasteiger partial charge is 0.618 e. The van der Waals surface area contributed by atoms with Gasteiger partial charge < -0.3 is 19.8 Å². The lowest BCUT2D eigenvalue weighted by Crippen LogP contribution is -2.36. The smallest absolute Gasteiger partial charge is 0.437 e. The average Bonchev–Trinajstić information content (AvgIpc) is 2.78. The van der Waals surface area contributed by atoms with Crippen LogP contribution in [0.5, 0.6) is 17.2 Å². The summed E-state index contributed by atoms with van der Waals surface area (Å²) in [7, 11) is 0. The zero-order valence-corrected chi connectivity index (χ0v) is 20.0. The number of aromatic nitrogens is 3. The molecule has 0 aliphatic carbocycles. The summed E-state index contributed by atoms with van der Waals surface area (Å²) in [5.41, 5.74) is -1.82. The quantitative estimate of drug-likeness (QED) is 0.350. The van der Waals surface area contributed by atoms with Crippen LogP contribution in [0.4, 0.5) is 13.2 Å². The van der Waals surface area contributed by atoms with Crippen LogP contribution in [0.15, 0.2) is 40.0 Å². The van der Waals surface area contributed by atoms with E-state index in [2.05, 4.69) is 20.9 Å². The van der Waals surface area contributed by atoms with E-state index in [9.17, 15) is 28.4 Å². The molecule has 2 aromatic heterocycles. The molecule has 184 valence electrons. The van der Waals surface area contributed by atoms with E-state index in [1.165, 1.54) is 25.1 Å². The molecule has 13 heteroatoms. The number of aryl methyl sites for hydroxylation is 1. The van der Waals surface area contributed by atoms with Gasteiger partial charge in [-0.1, -0.05) is 15.9 Å². The molecule has 0 unspecified atom stereocenters. The van der Waals surface area contributed by atoms with Crippen LogP contribution in [0.1, 0.15) is 28.1 Å². The van der Waals surface area contributed by atoms with Crippen LogP contribution < -0.4 is 19.8 Å². The van der Waals surface area contributed by atoms with Gasteiger partial charge in [-0.2, -0.15) is 23.2 Å². The van der Waals surface area contributed by atoms with Crippen molar-refractivity contribution in [3.8, 4) is 23.3 Å². The van der Waals surface area contributed by atoms with E-state index in [1.54, 1.807) is 6.92 Å². The van der Waals surface area contributed by atoms with Crippen LogP contribution in [0.25, 0.3) is 0 Å². The molecule has 0 radical (unpaired) electrons. The van der Waals surface area contributed by atoms with Crippen molar-refractivity contribution in [2.24, 2.45) is 0 Å². The number of nitriles is 1. The minimum atomic E-state index is -5.01. The Balaban J connectivity index is 2.08. The van der Waals surface area contributed by atoms with E-state index in [4.69, 9.17) is 14.6 Å². The number of aliphatic hydroxyl groups is 1. The molecule has 0 aliphatic heterocycles. The van der Waals surface area contributed by atoms with Crippen LogP contribution in [-0.4, -0.2) is 27.9 Å². The summed E-state index contributed by atoms with van der Waals surface area (Å²) in [6.45, 7) is 2.38. The number of ether oxygens (including phenoxy) is 2. The van der Waals surface area contributed by atoms with Crippen molar-refractivity contribution in [3.63, 3.8) is 0 Å². The topological polar surface area (TPSA) is 124 Å². The molecule has 35 heavy (non-hydrogen) atoms. The molecule has 0 atom stereocenters. The molecule has 0 spiro atoms. The summed E-state index contributed by atoms with van der Waals surface area (Å²) >= 11 is 3.16. The second-order valence-electron chi connectivity index (χ2n) is 7.35. The molecule has 0 fully saturated rings. The number of hydrogen-bond donors (Lipinski definition) is 1. The molecule has 9 nitrogen and oxygen atoms in total. The first kappa shape index (κ1) is 26.0. The number of benzene rings is 1. The van der Waals surface area contributed by atoms with Gasteiger partial charge in [0.15, 0.2) is 11.4 Å². The lowest BCUT2D eigenvalue weighted by molar-refractivity contribution is -0.614. The van der Waals surface area contributed by atoms with E-state index < -0.39 is 29.7 Å². The van der Waals surface area contributed by atoms with Gasteiger partial charge in [-0.15, -0.1) is 0 Å². The molecule has 0 amide bonds. The highest BCUT2D eigenvalue weighted by molar-refractivity contribution is 9.10. The monoisotopic (exact) mass is 554 g/mol. The summed E-state index contributed by atoms with van der Waals surface area (Å²) in [5, 5.41) is 30.6. The van der Waals surface area contributed by atoms with Crippen LogP contribution in [0.2, 0.25) is 0 Å². The zero-order valence-electron chi connectivity index (χ0n) is 18.4. The minimum Gasteiger partial charge on any atom is -0.618 e. The Morgan fingerprint density at radius 3 is 2.63 bits per heavy atom. The Hall–Kier alpha value is -3.63. The normalized spacial score (nSPS) is 11.3. The first-order valence-electron chi connectivity index (χ1n) is 9.97. The Bertz CT molecular complexity index is 1370. The van der Waals surface area contributed by atoms with E-state index in [1.807, 2.05) is 6.07 Å². The van der Waals surface area contributed by atoms with Gasteiger partial charge in [-0.3, -0.25) is 9.36 Å². The first-order valence-corrected chi connectivity index (χ1v) is 10.8. The maximum absolute atomic E-state index is 13.6. The summed E-state index contributed by atoms with van der Waals surface area (Å²) in [6.07, 6.45) is -3.24. The van der Waals surface area contributed by atoms with Crippen molar-refractivity contribution in [2.45, 2.75) is 26.6 Å². The Morgan fingerprint density at radius 1 is 1.29 bits per heavy atom. The van der Waals surface area contributed by atoms with Crippen molar-refractivity contribution in [1.29, 1.82) is 5.26 Å². The van der Waals surface area contributed by atoms with Crippen LogP contribution in [0.3, 0.4) is 0 Å². The highest BCUT2D eigenvalue weighted by atomic mass is 79.9. The van der Waals surface area contributed by atoms with E-state index >= 15 is 0 Å². The molecule has 3 rings (SSSR count).